The van der Waals surface area contributed by atoms with E-state index in [1.165, 1.54) is 11.8 Å². The Morgan fingerprint density at radius 1 is 1.30 bits per heavy atom. The van der Waals surface area contributed by atoms with Gasteiger partial charge < -0.3 is 15.0 Å². The van der Waals surface area contributed by atoms with Crippen LogP contribution >= 0.6 is 0 Å². The Morgan fingerprint density at radius 3 is 2.60 bits per heavy atom. The van der Waals surface area contributed by atoms with Gasteiger partial charge in [0.2, 0.25) is 11.8 Å². The summed E-state index contributed by atoms with van der Waals surface area (Å²) in [5, 5.41) is 2.98. The van der Waals surface area contributed by atoms with Crippen LogP contribution in [0.3, 0.4) is 0 Å². The van der Waals surface area contributed by atoms with E-state index in [0.29, 0.717) is 31.1 Å². The maximum absolute atomic E-state index is 13.2. The summed E-state index contributed by atoms with van der Waals surface area (Å²) in [7, 11) is 1.16. The predicted molar refractivity (Wildman–Crippen MR) is 109 cm³/mol. The van der Waals surface area contributed by atoms with Gasteiger partial charge in [-0.2, -0.15) is 13.2 Å². The Bertz CT molecular complexity index is 882. The van der Waals surface area contributed by atoms with E-state index >= 15 is 0 Å². The molecule has 8 heteroatoms. The van der Waals surface area contributed by atoms with Crippen LogP contribution in [0.4, 0.5) is 18.9 Å². The maximum Gasteiger partial charge on any atom is 0.421 e. The Kier molecular flexibility index (Phi) is 6.53. The van der Waals surface area contributed by atoms with Crippen molar-refractivity contribution in [3.05, 3.63) is 53.2 Å². The fourth-order valence-electron chi connectivity index (χ4n) is 3.58. The van der Waals surface area contributed by atoms with Crippen molar-refractivity contribution in [2.24, 2.45) is 0 Å². The van der Waals surface area contributed by atoms with Crippen molar-refractivity contribution in [3.63, 3.8) is 0 Å². The summed E-state index contributed by atoms with van der Waals surface area (Å²) in [5.41, 5.74) is 1.61. The van der Waals surface area contributed by atoms with Gasteiger partial charge in [-0.1, -0.05) is 38.1 Å². The van der Waals surface area contributed by atoms with Gasteiger partial charge in [-0.05, 0) is 29.5 Å². The molecular formula is C22H26F3N3O2. The number of methoxy groups -OCH3 is 1. The zero-order valence-electron chi connectivity index (χ0n) is 17.3. The molecule has 0 unspecified atom stereocenters. The zero-order valence-corrected chi connectivity index (χ0v) is 17.3. The van der Waals surface area contributed by atoms with Crippen molar-refractivity contribution in [2.45, 2.75) is 44.8 Å². The molecule has 0 radical (unpaired) electrons. The maximum atomic E-state index is 13.2. The molecule has 162 valence electrons. The van der Waals surface area contributed by atoms with Gasteiger partial charge in [-0.15, -0.1) is 0 Å². The number of pyridine rings is 1. The van der Waals surface area contributed by atoms with Gasteiger partial charge in [0.25, 0.3) is 0 Å². The molecule has 0 bridgehead atoms. The molecule has 1 amide bonds. The molecule has 1 atom stereocenters. The Hall–Kier alpha value is -2.77. The van der Waals surface area contributed by atoms with E-state index in [0.717, 1.165) is 18.7 Å². The van der Waals surface area contributed by atoms with Gasteiger partial charge in [0.05, 0.1) is 25.4 Å². The van der Waals surface area contributed by atoms with Crippen LogP contribution in [0.2, 0.25) is 0 Å². The number of amides is 1. The lowest BCUT2D eigenvalue weighted by molar-refractivity contribution is -0.139. The lowest BCUT2D eigenvalue weighted by Gasteiger charge is -2.21. The van der Waals surface area contributed by atoms with Crippen LogP contribution in [-0.2, 0) is 17.4 Å². The van der Waals surface area contributed by atoms with Gasteiger partial charge in [-0.3, -0.25) is 4.79 Å². The van der Waals surface area contributed by atoms with Crippen LogP contribution in [0.25, 0.3) is 0 Å². The minimum Gasteiger partial charge on any atom is -0.481 e. The molecule has 1 aromatic heterocycles. The number of nitrogens with zero attached hydrogens (tertiary/aromatic N) is 2. The van der Waals surface area contributed by atoms with Crippen LogP contribution < -0.4 is 15.0 Å². The van der Waals surface area contributed by atoms with Crippen molar-refractivity contribution in [1.82, 2.24) is 10.3 Å². The summed E-state index contributed by atoms with van der Waals surface area (Å²) < 4.78 is 44.4. The first-order valence-corrected chi connectivity index (χ1v) is 9.91. The molecule has 3 rings (SSSR count). The topological polar surface area (TPSA) is 54.5 Å². The van der Waals surface area contributed by atoms with Crippen LogP contribution in [0, 0.1) is 0 Å². The summed E-state index contributed by atoms with van der Waals surface area (Å²) in [6, 6.07) is 8.89. The number of anilines is 1. The third-order valence-corrected chi connectivity index (χ3v) is 5.27. The molecule has 2 heterocycles. The molecule has 1 aliphatic heterocycles. The average Bonchev–Trinajstić information content (AvgIpc) is 3.15. The quantitative estimate of drug-likeness (QED) is 0.761. The summed E-state index contributed by atoms with van der Waals surface area (Å²) >= 11 is 0. The molecule has 0 saturated carbocycles. The van der Waals surface area contributed by atoms with Crippen molar-refractivity contribution < 1.29 is 22.7 Å². The molecule has 30 heavy (non-hydrogen) atoms. The van der Waals surface area contributed by atoms with E-state index in [-0.39, 0.29) is 18.4 Å². The molecular weight excluding hydrogens is 395 g/mol. The summed E-state index contributed by atoms with van der Waals surface area (Å²) in [6.07, 6.45) is -2.25. The van der Waals surface area contributed by atoms with Gasteiger partial charge >= 0.3 is 6.18 Å². The summed E-state index contributed by atoms with van der Waals surface area (Å²) in [5.74, 6) is -0.107. The Labute approximate surface area is 174 Å². The number of alkyl halides is 3. The second kappa shape index (κ2) is 8.93. The fraction of sp³-hybridized carbons (Fsp3) is 0.455. The molecule has 1 saturated heterocycles. The number of carbonyl (C=O) groups excluding carboxylic acids is 1. The highest BCUT2D eigenvalue weighted by Gasteiger charge is 2.36. The van der Waals surface area contributed by atoms with Crippen LogP contribution in [0.5, 0.6) is 5.88 Å². The van der Waals surface area contributed by atoms with Gasteiger partial charge in [0, 0.05) is 19.1 Å². The van der Waals surface area contributed by atoms with Gasteiger partial charge in [0.15, 0.2) is 0 Å². The van der Waals surface area contributed by atoms with Crippen LogP contribution in [-0.4, -0.2) is 37.1 Å². The number of carbonyl (C=O) groups is 1. The first-order chi connectivity index (χ1) is 14.2. The molecule has 0 spiro atoms. The lowest BCUT2D eigenvalue weighted by Crippen LogP contribution is -2.38. The third kappa shape index (κ3) is 5.23. The first-order valence-electron chi connectivity index (χ1n) is 9.91. The largest absolute Gasteiger partial charge is 0.481 e. The van der Waals surface area contributed by atoms with Crippen LogP contribution in [0.1, 0.15) is 42.9 Å². The number of benzene rings is 1. The van der Waals surface area contributed by atoms with Gasteiger partial charge in [-0.25, -0.2) is 4.98 Å². The Morgan fingerprint density at radius 2 is 2.00 bits per heavy atom. The second-order valence-corrected chi connectivity index (χ2v) is 7.82. The molecule has 1 aromatic carbocycles. The number of aromatic nitrogens is 1. The molecule has 1 fully saturated rings. The SMILES string of the molecule is COc1ncc(N2CC[C@@H](NC(=O)Cc3ccc(C(C)C)cc3)C2)cc1C(F)(F)F. The normalized spacial score (nSPS) is 16.8. The molecule has 2 aromatic rings. The summed E-state index contributed by atoms with van der Waals surface area (Å²) in [4.78, 5) is 18.0. The van der Waals surface area contributed by atoms with E-state index in [1.54, 1.807) is 4.90 Å². The number of halogens is 3. The first kappa shape index (κ1) is 21.9. The highest BCUT2D eigenvalue weighted by Crippen LogP contribution is 2.37. The van der Waals surface area contributed by atoms with E-state index in [4.69, 9.17) is 4.74 Å². The lowest BCUT2D eigenvalue weighted by atomic mass is 10.0. The van der Waals surface area contributed by atoms with E-state index in [2.05, 4.69) is 24.1 Å². The molecule has 0 aliphatic carbocycles. The zero-order chi connectivity index (χ0) is 21.9. The highest BCUT2D eigenvalue weighted by molar-refractivity contribution is 5.79. The van der Waals surface area contributed by atoms with Crippen molar-refractivity contribution >= 4 is 11.6 Å². The predicted octanol–water partition coefficient (Wildman–Crippen LogP) is 4.17. The summed E-state index contributed by atoms with van der Waals surface area (Å²) in [6.45, 7) is 5.20. The van der Waals surface area contributed by atoms with Crippen molar-refractivity contribution in [1.29, 1.82) is 0 Å². The second-order valence-electron chi connectivity index (χ2n) is 7.82. The van der Waals surface area contributed by atoms with Gasteiger partial charge in [0.1, 0.15) is 5.56 Å². The molecule has 1 N–H and O–H groups in total. The van der Waals surface area contributed by atoms with Crippen molar-refractivity contribution in [2.75, 3.05) is 25.1 Å². The fourth-order valence-corrected chi connectivity index (χ4v) is 3.58. The number of ether oxygens (including phenoxy) is 1. The highest BCUT2D eigenvalue weighted by atomic mass is 19.4. The standard InChI is InChI=1S/C22H26F3N3O2/c1-14(2)16-6-4-15(5-7-16)10-20(29)27-17-8-9-28(13-17)18-11-19(22(23,24)25)21(30-3)26-12-18/h4-7,11-12,14,17H,8-10,13H2,1-3H3,(H,27,29)/t17-/m1/s1. The molecule has 5 nitrogen and oxygen atoms in total. The number of hydrogen-bond acceptors (Lipinski definition) is 4. The van der Waals surface area contributed by atoms with Crippen LogP contribution in [0.15, 0.2) is 36.5 Å². The number of hydrogen-bond donors (Lipinski definition) is 1. The monoisotopic (exact) mass is 421 g/mol. The van der Waals surface area contributed by atoms with E-state index in [9.17, 15) is 18.0 Å². The van der Waals surface area contributed by atoms with E-state index in [1.807, 2.05) is 24.3 Å². The Balaban J connectivity index is 1.59. The minimum absolute atomic E-state index is 0.0945. The average molecular weight is 421 g/mol. The van der Waals surface area contributed by atoms with E-state index < -0.39 is 17.6 Å². The number of rotatable bonds is 6. The van der Waals surface area contributed by atoms with Crippen molar-refractivity contribution in [3.8, 4) is 5.88 Å². The number of nitrogens with one attached hydrogen (secondary N) is 1. The molecule has 1 aliphatic rings. The smallest absolute Gasteiger partial charge is 0.421 e. The minimum atomic E-state index is -4.55. The third-order valence-electron chi connectivity index (χ3n) is 5.27.